The van der Waals surface area contributed by atoms with Crippen LogP contribution in [0.4, 0.5) is 11.8 Å². The van der Waals surface area contributed by atoms with Crippen LogP contribution in [-0.4, -0.2) is 58.0 Å². The van der Waals surface area contributed by atoms with Crippen molar-refractivity contribution in [1.29, 1.82) is 0 Å². The number of nitrogen functional groups attached to an aromatic ring is 1. The highest BCUT2D eigenvalue weighted by Gasteiger charge is 2.52. The van der Waals surface area contributed by atoms with E-state index in [1.165, 1.54) is 0 Å². The minimum Gasteiger partial charge on any atom is -0.368 e. The second-order valence-corrected chi connectivity index (χ2v) is 10.2. The van der Waals surface area contributed by atoms with Crippen LogP contribution in [0.25, 0.3) is 11.2 Å². The Morgan fingerprint density at radius 2 is 2.17 bits per heavy atom. The number of aromatic nitrogens is 4. The van der Waals surface area contributed by atoms with Gasteiger partial charge in [0.05, 0.1) is 19.5 Å². The summed E-state index contributed by atoms with van der Waals surface area (Å²) in [6.07, 6.45) is 3.88. The quantitative estimate of drug-likeness (QED) is 0.696. The third kappa shape index (κ3) is 3.11. The SMILES string of the molecule is C[C@H]1[C@@H]2OP(=O)(OCC3CC3)OC[C@H]2O[C@H]1n1cnc2c(N3CCC3)nc(N)nc21. The van der Waals surface area contributed by atoms with Gasteiger partial charge in [0, 0.05) is 19.0 Å². The summed E-state index contributed by atoms with van der Waals surface area (Å²) in [4.78, 5) is 15.5. The molecule has 5 heterocycles. The van der Waals surface area contributed by atoms with E-state index in [1.807, 2.05) is 11.5 Å². The number of fused-ring (bicyclic) bond motifs is 2. The number of imidazole rings is 1. The second-order valence-electron chi connectivity index (χ2n) is 8.55. The minimum absolute atomic E-state index is 0.113. The Morgan fingerprint density at radius 1 is 1.33 bits per heavy atom. The lowest BCUT2D eigenvalue weighted by atomic mass is 10.0. The van der Waals surface area contributed by atoms with E-state index < -0.39 is 20.2 Å². The number of phosphoric acid groups is 1. The highest BCUT2D eigenvalue weighted by Crippen LogP contribution is 2.58. The number of hydrogen-bond acceptors (Lipinski definition) is 10. The summed E-state index contributed by atoms with van der Waals surface area (Å²) in [5.41, 5.74) is 7.31. The molecule has 5 atom stereocenters. The van der Waals surface area contributed by atoms with E-state index in [-0.39, 0.29) is 24.6 Å². The van der Waals surface area contributed by atoms with Gasteiger partial charge in [-0.1, -0.05) is 6.92 Å². The predicted octanol–water partition coefficient (Wildman–Crippen LogP) is 2.10. The van der Waals surface area contributed by atoms with Crippen LogP contribution in [-0.2, 0) is 22.9 Å². The molecule has 0 amide bonds. The van der Waals surface area contributed by atoms with Crippen LogP contribution in [0.5, 0.6) is 0 Å². The van der Waals surface area contributed by atoms with Crippen molar-refractivity contribution in [3.8, 4) is 0 Å². The lowest BCUT2D eigenvalue weighted by Crippen LogP contribution is -2.38. The first kappa shape index (κ1) is 18.9. The highest BCUT2D eigenvalue weighted by atomic mass is 31.2. The first-order valence-corrected chi connectivity index (χ1v) is 11.9. The van der Waals surface area contributed by atoms with E-state index in [1.54, 1.807) is 6.33 Å². The Bertz CT molecular complexity index is 1020. The number of hydrogen-bond donors (Lipinski definition) is 1. The van der Waals surface area contributed by atoms with Crippen molar-refractivity contribution in [2.75, 3.05) is 36.9 Å². The Labute approximate surface area is 173 Å². The molecule has 162 valence electrons. The van der Waals surface area contributed by atoms with Crippen LogP contribution >= 0.6 is 7.82 Å². The van der Waals surface area contributed by atoms with Crippen molar-refractivity contribution in [3.63, 3.8) is 0 Å². The molecule has 11 nitrogen and oxygen atoms in total. The summed E-state index contributed by atoms with van der Waals surface area (Å²) in [5.74, 6) is 1.31. The zero-order chi connectivity index (χ0) is 20.5. The average molecular weight is 436 g/mol. The maximum Gasteiger partial charge on any atom is 0.475 e. The van der Waals surface area contributed by atoms with Crippen LogP contribution < -0.4 is 10.6 Å². The summed E-state index contributed by atoms with van der Waals surface area (Å²) in [5, 5.41) is 0. The zero-order valence-corrected chi connectivity index (χ0v) is 17.6. The van der Waals surface area contributed by atoms with Gasteiger partial charge in [0.2, 0.25) is 5.95 Å². The van der Waals surface area contributed by atoms with Crippen molar-refractivity contribution >= 4 is 30.8 Å². The molecule has 0 radical (unpaired) electrons. The first-order valence-electron chi connectivity index (χ1n) is 10.5. The van der Waals surface area contributed by atoms with Gasteiger partial charge in [0.25, 0.3) is 0 Å². The number of rotatable bonds is 5. The fraction of sp³-hybridized carbons (Fsp3) is 0.722. The molecule has 0 aromatic carbocycles. The number of anilines is 2. The Hall–Kier alpha value is -1.78. The Kier molecular flexibility index (Phi) is 4.33. The van der Waals surface area contributed by atoms with Gasteiger partial charge in [-0.3, -0.25) is 18.1 Å². The second kappa shape index (κ2) is 6.86. The van der Waals surface area contributed by atoms with Gasteiger partial charge in [-0.25, -0.2) is 9.55 Å². The van der Waals surface area contributed by atoms with Crippen molar-refractivity contribution in [3.05, 3.63) is 6.33 Å². The first-order chi connectivity index (χ1) is 14.5. The van der Waals surface area contributed by atoms with Crippen LogP contribution in [0, 0.1) is 11.8 Å². The molecule has 12 heteroatoms. The van der Waals surface area contributed by atoms with Gasteiger partial charge in [-0.15, -0.1) is 0 Å². The lowest BCUT2D eigenvalue weighted by molar-refractivity contribution is -0.0709. The Balaban J connectivity index is 1.27. The largest absolute Gasteiger partial charge is 0.475 e. The van der Waals surface area contributed by atoms with E-state index >= 15 is 0 Å². The van der Waals surface area contributed by atoms with Gasteiger partial charge in [-0.05, 0) is 25.2 Å². The molecule has 1 saturated carbocycles. The zero-order valence-electron chi connectivity index (χ0n) is 16.7. The standard InChI is InChI=1S/C18H25N6O5P/c1-10-14-12(8-27-30(25,29-14)26-7-11-3-4-11)28-17(10)24-9-20-13-15(23-5-2-6-23)21-18(19)22-16(13)24/h9-12,14,17H,2-8H2,1H3,(H2,19,21,22)/t10-,12+,14-,17+,30?/m0/s1. The van der Waals surface area contributed by atoms with Crippen LogP contribution in [0.1, 0.15) is 32.4 Å². The summed E-state index contributed by atoms with van der Waals surface area (Å²) in [7, 11) is -3.57. The molecule has 1 unspecified atom stereocenters. The van der Waals surface area contributed by atoms with Crippen LogP contribution in [0.15, 0.2) is 6.33 Å². The fourth-order valence-electron chi connectivity index (χ4n) is 4.24. The lowest BCUT2D eigenvalue weighted by Gasteiger charge is -2.32. The molecule has 3 saturated heterocycles. The normalized spacial score (nSPS) is 36.1. The number of phosphoric ester groups is 1. The molecule has 4 aliphatic rings. The minimum atomic E-state index is -3.57. The van der Waals surface area contributed by atoms with E-state index in [4.69, 9.17) is 24.0 Å². The predicted molar refractivity (Wildman–Crippen MR) is 107 cm³/mol. The van der Waals surface area contributed by atoms with E-state index in [0.717, 1.165) is 38.2 Å². The van der Waals surface area contributed by atoms with Gasteiger partial charge in [-0.2, -0.15) is 9.97 Å². The fourth-order valence-corrected chi connectivity index (χ4v) is 5.79. The Morgan fingerprint density at radius 3 is 2.90 bits per heavy atom. The monoisotopic (exact) mass is 436 g/mol. The maximum absolute atomic E-state index is 12.9. The molecule has 4 fully saturated rings. The summed E-state index contributed by atoms with van der Waals surface area (Å²) in [6.45, 7) is 4.43. The van der Waals surface area contributed by atoms with Gasteiger partial charge < -0.3 is 15.4 Å². The highest BCUT2D eigenvalue weighted by molar-refractivity contribution is 7.48. The molecule has 2 aromatic heterocycles. The number of nitrogens with two attached hydrogens (primary N) is 1. The van der Waals surface area contributed by atoms with Crippen molar-refractivity contribution in [2.45, 2.75) is 44.6 Å². The summed E-state index contributed by atoms with van der Waals surface area (Å²) < 4.78 is 37.8. The molecule has 2 N–H and O–H groups in total. The molecule has 2 aromatic rings. The number of nitrogens with zero attached hydrogens (tertiary/aromatic N) is 5. The topological polar surface area (TPSA) is 127 Å². The molecule has 6 rings (SSSR count). The average Bonchev–Trinajstić information content (AvgIpc) is 3.34. The van der Waals surface area contributed by atoms with Gasteiger partial charge in [0.1, 0.15) is 18.4 Å². The maximum atomic E-state index is 12.9. The van der Waals surface area contributed by atoms with Crippen molar-refractivity contribution < 1.29 is 22.9 Å². The molecule has 0 spiro atoms. The van der Waals surface area contributed by atoms with Gasteiger partial charge >= 0.3 is 7.82 Å². The molecule has 0 bridgehead atoms. The molecular weight excluding hydrogens is 411 g/mol. The third-order valence-electron chi connectivity index (χ3n) is 6.31. The summed E-state index contributed by atoms with van der Waals surface area (Å²) >= 11 is 0. The number of ether oxygens (including phenoxy) is 1. The molecular formula is C18H25N6O5P. The molecule has 1 aliphatic carbocycles. The van der Waals surface area contributed by atoms with Crippen molar-refractivity contribution in [1.82, 2.24) is 19.5 Å². The van der Waals surface area contributed by atoms with Crippen LogP contribution in [0.2, 0.25) is 0 Å². The van der Waals surface area contributed by atoms with Gasteiger partial charge in [0.15, 0.2) is 17.0 Å². The third-order valence-corrected chi connectivity index (χ3v) is 7.74. The van der Waals surface area contributed by atoms with E-state index in [9.17, 15) is 4.57 Å². The van der Waals surface area contributed by atoms with Crippen molar-refractivity contribution in [2.24, 2.45) is 11.8 Å². The van der Waals surface area contributed by atoms with Crippen LogP contribution in [0.3, 0.4) is 0 Å². The van der Waals surface area contributed by atoms with E-state index in [2.05, 4.69) is 19.9 Å². The van der Waals surface area contributed by atoms with E-state index in [0.29, 0.717) is 23.7 Å². The summed E-state index contributed by atoms with van der Waals surface area (Å²) in [6, 6.07) is 0. The molecule has 30 heavy (non-hydrogen) atoms. The molecule has 3 aliphatic heterocycles. The smallest absolute Gasteiger partial charge is 0.368 e.